The van der Waals surface area contributed by atoms with Gasteiger partial charge in [-0.1, -0.05) is 19.1 Å². The van der Waals surface area contributed by atoms with Gasteiger partial charge in [0, 0.05) is 33.1 Å². The van der Waals surface area contributed by atoms with Crippen LogP contribution in [0, 0.1) is 0 Å². The van der Waals surface area contributed by atoms with Gasteiger partial charge in [-0.25, -0.2) is 4.98 Å². The van der Waals surface area contributed by atoms with Crippen molar-refractivity contribution in [3.8, 4) is 5.75 Å². The quantitative estimate of drug-likeness (QED) is 0.548. The molecular formula is C19H29N5OS. The fraction of sp³-hybridized carbons (Fsp3) is 0.474. The van der Waals surface area contributed by atoms with Crippen molar-refractivity contribution >= 4 is 22.4 Å². The standard InChI is InChI=1S/C19H29N5OS/c1-14(15-6-8-17(25-5)9-7-15)10-11-21-18(20-2)22-12-16-13-26-19(23-16)24(3)4/h6-9,13-14H,10-12H2,1-5H3,(H2,20,21,22). The number of methoxy groups -OCH3 is 1. The van der Waals surface area contributed by atoms with Gasteiger partial charge in [0.2, 0.25) is 0 Å². The number of anilines is 1. The number of hydrogen-bond acceptors (Lipinski definition) is 5. The summed E-state index contributed by atoms with van der Waals surface area (Å²) in [5, 5.41) is 9.77. The summed E-state index contributed by atoms with van der Waals surface area (Å²) in [4.78, 5) is 10.9. The Morgan fingerprint density at radius 3 is 2.58 bits per heavy atom. The van der Waals surface area contributed by atoms with Gasteiger partial charge in [-0.2, -0.15) is 0 Å². The number of nitrogens with one attached hydrogen (secondary N) is 2. The maximum atomic E-state index is 5.21. The average molecular weight is 376 g/mol. The average Bonchev–Trinajstić information content (AvgIpc) is 3.13. The number of benzene rings is 1. The molecule has 26 heavy (non-hydrogen) atoms. The fourth-order valence-electron chi connectivity index (χ4n) is 2.48. The molecule has 1 unspecified atom stereocenters. The lowest BCUT2D eigenvalue weighted by Gasteiger charge is -2.15. The van der Waals surface area contributed by atoms with Gasteiger partial charge in [-0.05, 0) is 30.0 Å². The second kappa shape index (κ2) is 10.0. The van der Waals surface area contributed by atoms with Crippen molar-refractivity contribution in [1.29, 1.82) is 0 Å². The number of aromatic nitrogens is 1. The molecule has 2 aromatic rings. The van der Waals surface area contributed by atoms with Crippen molar-refractivity contribution in [3.05, 3.63) is 40.9 Å². The minimum Gasteiger partial charge on any atom is -0.497 e. The Morgan fingerprint density at radius 1 is 1.27 bits per heavy atom. The number of aliphatic imine (C=N–C) groups is 1. The number of ether oxygens (including phenoxy) is 1. The normalized spacial score (nSPS) is 12.6. The van der Waals surface area contributed by atoms with Crippen LogP contribution in [0.2, 0.25) is 0 Å². The molecule has 1 heterocycles. The molecule has 6 nitrogen and oxygen atoms in total. The fourth-order valence-corrected chi connectivity index (χ4v) is 3.24. The lowest BCUT2D eigenvalue weighted by molar-refractivity contribution is 0.414. The van der Waals surface area contributed by atoms with Crippen molar-refractivity contribution in [2.24, 2.45) is 4.99 Å². The monoisotopic (exact) mass is 375 g/mol. The molecule has 0 fully saturated rings. The van der Waals surface area contributed by atoms with Crippen LogP contribution in [0.4, 0.5) is 5.13 Å². The predicted molar refractivity (Wildman–Crippen MR) is 111 cm³/mol. The van der Waals surface area contributed by atoms with Gasteiger partial charge in [-0.15, -0.1) is 11.3 Å². The van der Waals surface area contributed by atoms with Crippen LogP contribution in [-0.4, -0.2) is 45.7 Å². The topological polar surface area (TPSA) is 61.8 Å². The zero-order valence-corrected chi connectivity index (χ0v) is 17.1. The highest BCUT2D eigenvalue weighted by molar-refractivity contribution is 7.13. The molecule has 0 saturated heterocycles. The van der Waals surface area contributed by atoms with Crippen molar-refractivity contribution in [1.82, 2.24) is 15.6 Å². The van der Waals surface area contributed by atoms with E-state index < -0.39 is 0 Å². The highest BCUT2D eigenvalue weighted by atomic mass is 32.1. The molecule has 2 N–H and O–H groups in total. The number of rotatable bonds is 8. The van der Waals surface area contributed by atoms with Gasteiger partial charge in [0.25, 0.3) is 0 Å². The van der Waals surface area contributed by atoms with E-state index in [0.29, 0.717) is 12.5 Å². The maximum absolute atomic E-state index is 5.21. The Balaban J connectivity index is 1.75. The molecule has 0 bridgehead atoms. The number of nitrogens with zero attached hydrogens (tertiary/aromatic N) is 3. The van der Waals surface area contributed by atoms with Crippen molar-refractivity contribution in [2.75, 3.05) is 39.7 Å². The van der Waals surface area contributed by atoms with Gasteiger partial charge in [-0.3, -0.25) is 4.99 Å². The molecule has 1 atom stereocenters. The summed E-state index contributed by atoms with van der Waals surface area (Å²) in [6, 6.07) is 8.27. The number of hydrogen-bond donors (Lipinski definition) is 2. The number of guanidine groups is 1. The molecule has 0 aliphatic rings. The van der Waals surface area contributed by atoms with Crippen LogP contribution in [0.1, 0.15) is 30.5 Å². The van der Waals surface area contributed by atoms with E-state index >= 15 is 0 Å². The van der Waals surface area contributed by atoms with Crippen LogP contribution in [0.25, 0.3) is 0 Å². The molecule has 0 aliphatic carbocycles. The van der Waals surface area contributed by atoms with Gasteiger partial charge in [0.05, 0.1) is 19.3 Å². The van der Waals surface area contributed by atoms with Gasteiger partial charge in [0.1, 0.15) is 5.75 Å². The van der Waals surface area contributed by atoms with Crippen LogP contribution in [0.15, 0.2) is 34.6 Å². The summed E-state index contributed by atoms with van der Waals surface area (Å²) in [5.41, 5.74) is 2.34. The van der Waals surface area contributed by atoms with Crippen molar-refractivity contribution in [3.63, 3.8) is 0 Å². The summed E-state index contributed by atoms with van der Waals surface area (Å²) in [7, 11) is 7.48. The Hall–Kier alpha value is -2.28. The van der Waals surface area contributed by atoms with E-state index in [1.54, 1.807) is 25.5 Å². The van der Waals surface area contributed by atoms with Gasteiger partial charge in [0.15, 0.2) is 11.1 Å². The Labute approximate surface area is 160 Å². The molecule has 1 aromatic heterocycles. The summed E-state index contributed by atoms with van der Waals surface area (Å²) >= 11 is 1.64. The number of thiazole rings is 1. The minimum atomic E-state index is 0.465. The highest BCUT2D eigenvalue weighted by Crippen LogP contribution is 2.21. The molecule has 0 saturated carbocycles. The lowest BCUT2D eigenvalue weighted by atomic mass is 9.98. The third kappa shape index (κ3) is 5.91. The molecule has 0 radical (unpaired) electrons. The first kappa shape index (κ1) is 20.0. The van der Waals surface area contributed by atoms with Crippen LogP contribution in [0.3, 0.4) is 0 Å². The predicted octanol–water partition coefficient (Wildman–Crippen LogP) is 3.08. The van der Waals surface area contributed by atoms with E-state index in [1.807, 2.05) is 31.1 Å². The molecule has 2 rings (SSSR count). The van der Waals surface area contributed by atoms with Crippen molar-refractivity contribution in [2.45, 2.75) is 25.8 Å². The molecule has 7 heteroatoms. The SMILES string of the molecule is CN=C(NCCC(C)c1ccc(OC)cc1)NCc1csc(N(C)C)n1. The van der Waals surface area contributed by atoms with E-state index in [1.165, 1.54) is 5.56 Å². The Bertz CT molecular complexity index is 696. The van der Waals surface area contributed by atoms with Crippen LogP contribution < -0.4 is 20.3 Å². The first-order valence-corrected chi connectivity index (χ1v) is 9.61. The molecule has 0 aliphatic heterocycles. The summed E-state index contributed by atoms with van der Waals surface area (Å²) in [6.07, 6.45) is 1.02. The third-order valence-corrected chi connectivity index (χ3v) is 5.19. The van der Waals surface area contributed by atoms with Gasteiger partial charge >= 0.3 is 0 Å². The molecular weight excluding hydrogens is 346 g/mol. The third-order valence-electron chi connectivity index (χ3n) is 4.14. The summed E-state index contributed by atoms with van der Waals surface area (Å²) < 4.78 is 5.21. The van der Waals surface area contributed by atoms with Crippen LogP contribution >= 0.6 is 11.3 Å². The van der Waals surface area contributed by atoms with Crippen molar-refractivity contribution < 1.29 is 4.74 Å². The van der Waals surface area contributed by atoms with E-state index in [0.717, 1.165) is 35.5 Å². The zero-order chi connectivity index (χ0) is 18.9. The largest absolute Gasteiger partial charge is 0.497 e. The smallest absolute Gasteiger partial charge is 0.191 e. The Morgan fingerprint density at radius 2 is 2.00 bits per heavy atom. The maximum Gasteiger partial charge on any atom is 0.191 e. The highest BCUT2D eigenvalue weighted by Gasteiger charge is 2.07. The first-order chi connectivity index (χ1) is 12.5. The first-order valence-electron chi connectivity index (χ1n) is 8.73. The second-order valence-corrected chi connectivity index (χ2v) is 7.17. The summed E-state index contributed by atoms with van der Waals surface area (Å²) in [5.74, 6) is 2.15. The minimum absolute atomic E-state index is 0.465. The summed E-state index contributed by atoms with van der Waals surface area (Å²) in [6.45, 7) is 3.75. The lowest BCUT2D eigenvalue weighted by Crippen LogP contribution is -2.37. The van der Waals surface area contributed by atoms with E-state index in [9.17, 15) is 0 Å². The van der Waals surface area contributed by atoms with Gasteiger partial charge < -0.3 is 20.3 Å². The molecule has 0 amide bonds. The van der Waals surface area contributed by atoms with Crippen LogP contribution in [-0.2, 0) is 6.54 Å². The molecule has 0 spiro atoms. The Kier molecular flexibility index (Phi) is 7.72. The van der Waals surface area contributed by atoms with E-state index in [2.05, 4.69) is 45.0 Å². The molecule has 142 valence electrons. The van der Waals surface area contributed by atoms with Crippen LogP contribution in [0.5, 0.6) is 5.75 Å². The zero-order valence-electron chi connectivity index (χ0n) is 16.2. The molecule has 1 aromatic carbocycles. The van der Waals surface area contributed by atoms with E-state index in [4.69, 9.17) is 4.74 Å². The second-order valence-electron chi connectivity index (χ2n) is 6.33. The van der Waals surface area contributed by atoms with E-state index in [-0.39, 0.29) is 0 Å².